The van der Waals surface area contributed by atoms with Gasteiger partial charge >= 0.3 is 0 Å². The van der Waals surface area contributed by atoms with Crippen LogP contribution in [0.4, 0.5) is 5.82 Å². The van der Waals surface area contributed by atoms with Crippen LogP contribution < -0.4 is 19.7 Å². The van der Waals surface area contributed by atoms with Crippen molar-refractivity contribution >= 4 is 11.7 Å². The van der Waals surface area contributed by atoms with Crippen molar-refractivity contribution in [3.63, 3.8) is 0 Å². The van der Waals surface area contributed by atoms with Gasteiger partial charge in [0.05, 0.1) is 13.7 Å². The molecule has 0 aliphatic carbocycles. The first-order valence-corrected chi connectivity index (χ1v) is 8.74. The SMILES string of the molecule is CCCCN(C)c1ccc(C(=O)NCCOc2ccc(OC)cc2)nn1. The number of nitrogens with zero attached hydrogens (tertiary/aromatic N) is 3. The molecule has 0 unspecified atom stereocenters. The third kappa shape index (κ3) is 5.91. The van der Waals surface area contributed by atoms with E-state index in [0.29, 0.717) is 18.8 Å². The van der Waals surface area contributed by atoms with E-state index in [2.05, 4.69) is 22.4 Å². The molecule has 0 aliphatic heterocycles. The smallest absolute Gasteiger partial charge is 0.271 e. The molecule has 0 saturated heterocycles. The molecule has 0 fully saturated rings. The molecule has 0 bridgehead atoms. The predicted molar refractivity (Wildman–Crippen MR) is 101 cm³/mol. The third-order valence-electron chi connectivity index (χ3n) is 3.84. The molecule has 7 heteroatoms. The minimum Gasteiger partial charge on any atom is -0.497 e. The van der Waals surface area contributed by atoms with Crippen molar-refractivity contribution in [1.82, 2.24) is 15.5 Å². The van der Waals surface area contributed by atoms with E-state index in [1.54, 1.807) is 13.2 Å². The minimum absolute atomic E-state index is 0.265. The maximum absolute atomic E-state index is 12.1. The highest BCUT2D eigenvalue weighted by molar-refractivity contribution is 5.92. The predicted octanol–water partition coefficient (Wildman–Crippen LogP) is 2.53. The van der Waals surface area contributed by atoms with Crippen molar-refractivity contribution in [2.75, 3.05) is 38.8 Å². The summed E-state index contributed by atoms with van der Waals surface area (Å²) in [4.78, 5) is 14.1. The summed E-state index contributed by atoms with van der Waals surface area (Å²) in [5.74, 6) is 1.99. The maximum Gasteiger partial charge on any atom is 0.271 e. The van der Waals surface area contributed by atoms with E-state index in [-0.39, 0.29) is 5.91 Å². The van der Waals surface area contributed by atoms with Gasteiger partial charge in [0.25, 0.3) is 5.91 Å². The van der Waals surface area contributed by atoms with Crippen molar-refractivity contribution in [2.45, 2.75) is 19.8 Å². The minimum atomic E-state index is -0.265. The Labute approximate surface area is 154 Å². The molecule has 1 heterocycles. The first kappa shape index (κ1) is 19.5. The van der Waals surface area contributed by atoms with E-state index in [1.807, 2.05) is 42.3 Å². The fraction of sp³-hybridized carbons (Fsp3) is 0.421. The van der Waals surface area contributed by atoms with E-state index >= 15 is 0 Å². The van der Waals surface area contributed by atoms with E-state index < -0.39 is 0 Å². The first-order chi connectivity index (χ1) is 12.6. The number of amides is 1. The lowest BCUT2D eigenvalue weighted by Gasteiger charge is -2.16. The van der Waals surface area contributed by atoms with Crippen LogP contribution in [0.5, 0.6) is 11.5 Å². The second kappa shape index (κ2) is 10.2. The Balaban J connectivity index is 1.74. The molecule has 7 nitrogen and oxygen atoms in total. The Bertz CT molecular complexity index is 674. The number of hydrogen-bond acceptors (Lipinski definition) is 6. The quantitative estimate of drug-likeness (QED) is 0.658. The maximum atomic E-state index is 12.1. The molecule has 2 rings (SSSR count). The summed E-state index contributed by atoms with van der Waals surface area (Å²) in [5.41, 5.74) is 0.294. The molecule has 1 amide bonds. The van der Waals surface area contributed by atoms with E-state index in [9.17, 15) is 4.79 Å². The van der Waals surface area contributed by atoms with Crippen LogP contribution in [-0.4, -0.2) is 50.0 Å². The van der Waals surface area contributed by atoms with Gasteiger partial charge < -0.3 is 19.7 Å². The molecule has 1 aromatic heterocycles. The molecule has 0 atom stereocenters. The number of carbonyl (C=O) groups is 1. The van der Waals surface area contributed by atoms with Crippen LogP contribution in [0.2, 0.25) is 0 Å². The fourth-order valence-electron chi connectivity index (χ4n) is 2.26. The zero-order valence-corrected chi connectivity index (χ0v) is 15.6. The zero-order chi connectivity index (χ0) is 18.8. The number of aromatic nitrogens is 2. The highest BCUT2D eigenvalue weighted by atomic mass is 16.5. The van der Waals surface area contributed by atoms with Gasteiger partial charge in [0.15, 0.2) is 11.5 Å². The normalized spacial score (nSPS) is 10.3. The Morgan fingerprint density at radius 3 is 2.46 bits per heavy atom. The van der Waals surface area contributed by atoms with Gasteiger partial charge in [-0.1, -0.05) is 13.3 Å². The molecule has 0 radical (unpaired) electrons. The van der Waals surface area contributed by atoms with Crippen LogP contribution in [0.1, 0.15) is 30.3 Å². The standard InChI is InChI=1S/C19H26N4O3/c1-4-5-13-23(2)18-11-10-17(21-22-18)19(24)20-12-14-26-16-8-6-15(25-3)7-9-16/h6-11H,4-5,12-14H2,1-3H3,(H,20,24). The number of hydrogen-bond donors (Lipinski definition) is 1. The van der Waals surface area contributed by atoms with Gasteiger partial charge in [-0.3, -0.25) is 4.79 Å². The van der Waals surface area contributed by atoms with Crippen LogP contribution in [0.25, 0.3) is 0 Å². The lowest BCUT2D eigenvalue weighted by atomic mass is 10.3. The first-order valence-electron chi connectivity index (χ1n) is 8.74. The van der Waals surface area contributed by atoms with E-state index in [1.165, 1.54) is 0 Å². The van der Waals surface area contributed by atoms with Gasteiger partial charge in [0.1, 0.15) is 18.1 Å². The highest BCUT2D eigenvalue weighted by Crippen LogP contribution is 2.16. The van der Waals surface area contributed by atoms with Gasteiger partial charge in [-0.2, -0.15) is 0 Å². The average Bonchev–Trinajstić information content (AvgIpc) is 2.69. The Morgan fingerprint density at radius 2 is 1.85 bits per heavy atom. The number of methoxy groups -OCH3 is 1. The van der Waals surface area contributed by atoms with Crippen LogP contribution in [0.3, 0.4) is 0 Å². The van der Waals surface area contributed by atoms with Gasteiger partial charge in [0.2, 0.25) is 0 Å². The Morgan fingerprint density at radius 1 is 1.12 bits per heavy atom. The molecule has 2 aromatic rings. The lowest BCUT2D eigenvalue weighted by Crippen LogP contribution is -2.29. The highest BCUT2D eigenvalue weighted by Gasteiger charge is 2.09. The van der Waals surface area contributed by atoms with Crippen molar-refractivity contribution in [3.05, 3.63) is 42.1 Å². The van der Waals surface area contributed by atoms with Crippen LogP contribution in [-0.2, 0) is 0 Å². The van der Waals surface area contributed by atoms with Crippen molar-refractivity contribution in [2.24, 2.45) is 0 Å². The summed E-state index contributed by atoms with van der Waals surface area (Å²) in [7, 11) is 3.58. The monoisotopic (exact) mass is 358 g/mol. The molecule has 140 valence electrons. The van der Waals surface area contributed by atoms with E-state index in [4.69, 9.17) is 9.47 Å². The molecule has 1 N–H and O–H groups in total. The van der Waals surface area contributed by atoms with Crippen LogP contribution >= 0.6 is 0 Å². The molecule has 26 heavy (non-hydrogen) atoms. The largest absolute Gasteiger partial charge is 0.497 e. The van der Waals surface area contributed by atoms with Gasteiger partial charge in [-0.25, -0.2) is 0 Å². The second-order valence-corrected chi connectivity index (χ2v) is 5.83. The topological polar surface area (TPSA) is 76.6 Å². The molecule has 0 aliphatic rings. The molecule has 1 aromatic carbocycles. The number of unbranched alkanes of at least 4 members (excludes halogenated alkanes) is 1. The third-order valence-corrected chi connectivity index (χ3v) is 3.84. The summed E-state index contributed by atoms with van der Waals surface area (Å²) in [6.45, 7) is 3.80. The average molecular weight is 358 g/mol. The number of anilines is 1. The number of nitrogens with one attached hydrogen (secondary N) is 1. The van der Waals surface area contributed by atoms with Gasteiger partial charge in [-0.05, 0) is 42.8 Å². The molecular formula is C19H26N4O3. The lowest BCUT2D eigenvalue weighted by molar-refractivity contribution is 0.0941. The van der Waals surface area contributed by atoms with E-state index in [0.717, 1.165) is 36.7 Å². The molecule has 0 spiro atoms. The Hall–Kier alpha value is -2.83. The van der Waals surface area contributed by atoms with Gasteiger partial charge in [-0.15, -0.1) is 10.2 Å². The molecule has 0 saturated carbocycles. The number of benzene rings is 1. The zero-order valence-electron chi connectivity index (χ0n) is 15.6. The van der Waals surface area contributed by atoms with Crippen LogP contribution in [0, 0.1) is 0 Å². The summed E-state index contributed by atoms with van der Waals surface area (Å²) in [6, 6.07) is 10.8. The van der Waals surface area contributed by atoms with Crippen molar-refractivity contribution in [3.8, 4) is 11.5 Å². The fourth-order valence-corrected chi connectivity index (χ4v) is 2.26. The van der Waals surface area contributed by atoms with Crippen LogP contribution in [0.15, 0.2) is 36.4 Å². The number of rotatable bonds is 10. The van der Waals surface area contributed by atoms with Gasteiger partial charge in [0, 0.05) is 13.6 Å². The van der Waals surface area contributed by atoms with Crippen molar-refractivity contribution in [1.29, 1.82) is 0 Å². The number of ether oxygens (including phenoxy) is 2. The summed E-state index contributed by atoms with van der Waals surface area (Å²) < 4.78 is 10.7. The summed E-state index contributed by atoms with van der Waals surface area (Å²) in [6.07, 6.45) is 2.21. The Kier molecular flexibility index (Phi) is 7.67. The second-order valence-electron chi connectivity index (χ2n) is 5.83. The number of carbonyl (C=O) groups excluding carboxylic acids is 1. The molecular weight excluding hydrogens is 332 g/mol. The summed E-state index contributed by atoms with van der Waals surface area (Å²) in [5, 5.41) is 10.9. The summed E-state index contributed by atoms with van der Waals surface area (Å²) >= 11 is 0. The van der Waals surface area contributed by atoms with Crippen molar-refractivity contribution < 1.29 is 14.3 Å².